The molecule has 1 rings (SSSR count). The number of aromatic nitrogens is 1. The molecule has 0 unspecified atom stereocenters. The van der Waals surface area contributed by atoms with Crippen molar-refractivity contribution in [1.82, 2.24) is 0 Å². The van der Waals surface area contributed by atoms with Crippen LogP contribution in [0.2, 0.25) is 0 Å². The van der Waals surface area contributed by atoms with Gasteiger partial charge in [0.05, 0.1) is 0 Å². The number of rotatable bonds is 1. The third-order valence-corrected chi connectivity index (χ3v) is 1.53. The fourth-order valence-electron chi connectivity index (χ4n) is 0.498. The summed E-state index contributed by atoms with van der Waals surface area (Å²) in [4.78, 5) is 0. The van der Waals surface area contributed by atoms with E-state index in [2.05, 4.69) is 0 Å². The average Bonchev–Trinajstić information content (AvgIpc) is 1.90. The number of hydrogen-bond acceptors (Lipinski definition) is 3. The molecule has 0 aliphatic rings. The highest BCUT2D eigenvalue weighted by molar-refractivity contribution is 7.65. The van der Waals surface area contributed by atoms with Crippen LogP contribution in [-0.2, 0) is 10.9 Å². The van der Waals surface area contributed by atoms with Crippen LogP contribution in [0.4, 0.5) is 0 Å². The summed E-state index contributed by atoms with van der Waals surface area (Å²) in [6, 6.07) is 5.07. The van der Waals surface area contributed by atoms with E-state index in [1.165, 1.54) is 12.4 Å². The lowest BCUT2D eigenvalue weighted by Gasteiger charge is -1.78. The maximum atomic E-state index is 10.2. The molecule has 0 bridgehead atoms. The van der Waals surface area contributed by atoms with Gasteiger partial charge >= 0.3 is 10.9 Å². The Labute approximate surface area is 60.1 Å². The summed E-state index contributed by atoms with van der Waals surface area (Å²) < 4.78 is 21.5. The van der Waals surface area contributed by atoms with E-state index in [0.29, 0.717) is 0 Å². The van der Waals surface area contributed by atoms with Gasteiger partial charge in [0.2, 0.25) is 0 Å². The number of nitrogens with zero attached hydrogens (tertiary/aromatic N) is 1. The first-order valence-electron chi connectivity index (χ1n) is 2.41. The lowest BCUT2D eigenvalue weighted by atomic mass is 10.5. The number of thiol groups is 1. The lowest BCUT2D eigenvalue weighted by Crippen LogP contribution is -2.30. The maximum Gasteiger partial charge on any atom is 0.359 e. The van der Waals surface area contributed by atoms with Crippen molar-refractivity contribution in [1.29, 1.82) is 0 Å². The Bertz CT molecular complexity index is 249. The molecule has 1 heterocycles. The minimum absolute atomic E-state index is 0. The largest absolute Gasteiger partial charge is 0.870 e. The summed E-state index contributed by atoms with van der Waals surface area (Å²) >= 11 is 0. The van der Waals surface area contributed by atoms with Gasteiger partial charge < -0.3 is 5.48 Å². The van der Waals surface area contributed by atoms with Gasteiger partial charge in [0, 0.05) is 12.1 Å². The van der Waals surface area contributed by atoms with Crippen molar-refractivity contribution in [2.75, 3.05) is 0 Å². The Kier molecular flexibility index (Phi) is 3.60. The van der Waals surface area contributed by atoms with Crippen molar-refractivity contribution >= 4 is 10.9 Å². The summed E-state index contributed by atoms with van der Waals surface area (Å²) in [5.41, 5.74) is 0. The Hall–Kier alpha value is -0.940. The van der Waals surface area contributed by atoms with E-state index in [-0.39, 0.29) is 5.48 Å². The third kappa shape index (κ3) is 2.12. The molecule has 0 saturated carbocycles. The quantitative estimate of drug-likeness (QED) is 0.432. The van der Waals surface area contributed by atoms with Crippen molar-refractivity contribution in [3.05, 3.63) is 30.6 Å². The molecule has 0 atom stereocenters. The van der Waals surface area contributed by atoms with Gasteiger partial charge in [-0.3, -0.25) is 0 Å². The van der Waals surface area contributed by atoms with Gasteiger partial charge in [-0.15, -0.1) is 0 Å². The predicted molar refractivity (Wildman–Crippen MR) is 34.3 cm³/mol. The van der Waals surface area contributed by atoms with Crippen LogP contribution in [0.15, 0.2) is 30.6 Å². The summed E-state index contributed by atoms with van der Waals surface area (Å²) in [6.45, 7) is 0. The fourth-order valence-corrected chi connectivity index (χ4v) is 0.870. The van der Waals surface area contributed by atoms with Crippen molar-refractivity contribution in [2.24, 2.45) is 0 Å². The van der Waals surface area contributed by atoms with Gasteiger partial charge in [0.25, 0.3) is 0 Å². The Morgan fingerprint density at radius 3 is 1.80 bits per heavy atom. The minimum Gasteiger partial charge on any atom is -0.870 e. The Morgan fingerprint density at radius 1 is 1.00 bits per heavy atom. The highest BCUT2D eigenvalue weighted by Crippen LogP contribution is 1.73. The first-order chi connectivity index (χ1) is 4.30. The van der Waals surface area contributed by atoms with E-state index >= 15 is 0 Å². The van der Waals surface area contributed by atoms with Crippen LogP contribution in [0.25, 0.3) is 0 Å². The second-order valence-corrected chi connectivity index (χ2v) is 2.43. The van der Waals surface area contributed by atoms with E-state index in [9.17, 15) is 8.42 Å². The van der Waals surface area contributed by atoms with Gasteiger partial charge in [-0.25, -0.2) is 0 Å². The van der Waals surface area contributed by atoms with Crippen molar-refractivity contribution < 1.29 is 17.9 Å². The van der Waals surface area contributed by atoms with E-state index in [0.717, 1.165) is 3.97 Å². The van der Waals surface area contributed by atoms with Crippen LogP contribution in [0.3, 0.4) is 0 Å². The normalized spacial score (nSPS) is 8.90. The van der Waals surface area contributed by atoms with E-state index in [4.69, 9.17) is 0 Å². The molecule has 0 saturated heterocycles. The first-order valence-corrected chi connectivity index (χ1v) is 3.55. The van der Waals surface area contributed by atoms with Gasteiger partial charge in [-0.2, -0.15) is 8.42 Å². The zero-order chi connectivity index (χ0) is 6.69. The SMILES string of the molecule is O=[SH](=O)[n+]1ccccc1.[OH-]. The molecular weight excluding hydrogens is 154 g/mol. The van der Waals surface area contributed by atoms with Gasteiger partial charge in [0.15, 0.2) is 12.4 Å². The van der Waals surface area contributed by atoms with Crippen molar-refractivity contribution in [2.45, 2.75) is 0 Å². The predicted octanol–water partition coefficient (Wildman–Crippen LogP) is -0.828. The van der Waals surface area contributed by atoms with E-state index in [1.54, 1.807) is 18.2 Å². The molecule has 0 fully saturated rings. The van der Waals surface area contributed by atoms with Crippen LogP contribution in [-0.4, -0.2) is 13.9 Å². The highest BCUT2D eigenvalue weighted by atomic mass is 32.2. The second kappa shape index (κ2) is 3.97. The molecule has 0 radical (unpaired) electrons. The van der Waals surface area contributed by atoms with Crippen LogP contribution in [0.1, 0.15) is 0 Å². The molecule has 0 aliphatic carbocycles. The molecule has 0 aliphatic heterocycles. The third-order valence-electron chi connectivity index (χ3n) is 0.888. The van der Waals surface area contributed by atoms with Crippen LogP contribution >= 0.6 is 0 Å². The van der Waals surface area contributed by atoms with Crippen molar-refractivity contribution in [3.8, 4) is 0 Å². The lowest BCUT2D eigenvalue weighted by molar-refractivity contribution is -0.504. The molecule has 10 heavy (non-hydrogen) atoms. The Morgan fingerprint density at radius 2 is 1.50 bits per heavy atom. The summed E-state index contributed by atoms with van der Waals surface area (Å²) in [6.07, 6.45) is 2.96. The van der Waals surface area contributed by atoms with Gasteiger partial charge in [-0.1, -0.05) is 10.0 Å². The molecule has 1 N–H and O–H groups in total. The zero-order valence-corrected chi connectivity index (χ0v) is 5.94. The average molecular weight is 161 g/mol. The molecular formula is C5H7NO3S. The number of pyridine rings is 1. The molecule has 1 aromatic heterocycles. The molecule has 4 nitrogen and oxygen atoms in total. The standard InChI is InChI=1S/C5H6NO2S.H2O/c7-9(8)6-4-2-1-3-5-6;/h1-5,9H;1H2/q+1;/p-1. The van der Waals surface area contributed by atoms with Gasteiger partial charge in [0.1, 0.15) is 0 Å². The smallest absolute Gasteiger partial charge is 0.359 e. The van der Waals surface area contributed by atoms with Gasteiger partial charge in [-0.05, 0) is 0 Å². The summed E-state index contributed by atoms with van der Waals surface area (Å²) in [7, 11) is -2.48. The number of hydrogen-bond donors (Lipinski definition) is 1. The van der Waals surface area contributed by atoms with Crippen LogP contribution < -0.4 is 3.97 Å². The van der Waals surface area contributed by atoms with E-state index in [1.807, 2.05) is 0 Å². The molecule has 5 heteroatoms. The van der Waals surface area contributed by atoms with Crippen molar-refractivity contribution in [3.63, 3.8) is 0 Å². The first kappa shape index (κ1) is 9.06. The topological polar surface area (TPSA) is 68.0 Å². The zero-order valence-electron chi connectivity index (χ0n) is 5.04. The monoisotopic (exact) mass is 161 g/mol. The van der Waals surface area contributed by atoms with E-state index < -0.39 is 10.9 Å². The molecule has 0 amide bonds. The molecule has 1 aromatic rings. The maximum absolute atomic E-state index is 10.2. The van der Waals surface area contributed by atoms with Crippen LogP contribution in [0.5, 0.6) is 0 Å². The molecule has 0 aromatic carbocycles. The molecule has 0 spiro atoms. The summed E-state index contributed by atoms with van der Waals surface area (Å²) in [5.74, 6) is 0. The highest BCUT2D eigenvalue weighted by Gasteiger charge is 1.93. The minimum atomic E-state index is -2.48. The summed E-state index contributed by atoms with van der Waals surface area (Å²) in [5, 5.41) is 0. The fraction of sp³-hybridized carbons (Fsp3) is 0. The molecule has 56 valence electrons. The second-order valence-electron chi connectivity index (χ2n) is 1.49. The van der Waals surface area contributed by atoms with Crippen LogP contribution in [0, 0.1) is 0 Å². The Balaban J connectivity index is 0.000000810.